The number of rotatable bonds is 4. The summed E-state index contributed by atoms with van der Waals surface area (Å²) in [5, 5.41) is 0. The summed E-state index contributed by atoms with van der Waals surface area (Å²) in [7, 11) is 1.37. The molecule has 0 aromatic heterocycles. The summed E-state index contributed by atoms with van der Waals surface area (Å²) in [4.78, 5) is 26.6. The van der Waals surface area contributed by atoms with Crippen LogP contribution in [0.4, 0.5) is 0 Å². The fraction of sp³-hybridized carbons (Fsp3) is 0.263. The molecule has 1 aliphatic heterocycles. The first kappa shape index (κ1) is 15.3. The maximum absolute atomic E-state index is 12.9. The van der Waals surface area contributed by atoms with Gasteiger partial charge in [-0.2, -0.15) is 0 Å². The number of ether oxygens (including phenoxy) is 1. The monoisotopic (exact) mass is 309 g/mol. The Hall–Kier alpha value is -2.62. The number of amides is 1. The lowest BCUT2D eigenvalue weighted by molar-refractivity contribution is -0.143. The lowest BCUT2D eigenvalue weighted by Crippen LogP contribution is -2.42. The van der Waals surface area contributed by atoms with Crippen molar-refractivity contribution in [2.45, 2.75) is 25.4 Å². The zero-order chi connectivity index (χ0) is 16.4. The Morgan fingerprint density at radius 3 is 2.43 bits per heavy atom. The molecule has 1 heterocycles. The second kappa shape index (κ2) is 5.88. The van der Waals surface area contributed by atoms with Crippen molar-refractivity contribution in [1.82, 2.24) is 4.90 Å². The van der Waals surface area contributed by atoms with E-state index in [1.165, 1.54) is 7.11 Å². The van der Waals surface area contributed by atoms with Gasteiger partial charge in [0.25, 0.3) is 5.91 Å². The van der Waals surface area contributed by atoms with E-state index in [9.17, 15) is 9.59 Å². The summed E-state index contributed by atoms with van der Waals surface area (Å²) in [6.45, 7) is 2.39. The van der Waals surface area contributed by atoms with Crippen LogP contribution in [-0.2, 0) is 21.6 Å². The highest BCUT2D eigenvalue weighted by Crippen LogP contribution is 2.42. The molecule has 3 rings (SSSR count). The van der Waals surface area contributed by atoms with Gasteiger partial charge in [-0.1, -0.05) is 48.5 Å². The van der Waals surface area contributed by atoms with Gasteiger partial charge < -0.3 is 9.64 Å². The van der Waals surface area contributed by atoms with Crippen molar-refractivity contribution >= 4 is 11.9 Å². The van der Waals surface area contributed by atoms with Crippen molar-refractivity contribution < 1.29 is 14.3 Å². The van der Waals surface area contributed by atoms with E-state index >= 15 is 0 Å². The Morgan fingerprint density at radius 1 is 1.09 bits per heavy atom. The molecule has 1 unspecified atom stereocenters. The average molecular weight is 309 g/mol. The van der Waals surface area contributed by atoms with Crippen LogP contribution < -0.4 is 0 Å². The predicted molar refractivity (Wildman–Crippen MR) is 86.7 cm³/mol. The molecular formula is C19H19NO3. The molecule has 1 atom stereocenters. The van der Waals surface area contributed by atoms with Crippen LogP contribution in [0.25, 0.3) is 0 Å². The van der Waals surface area contributed by atoms with Gasteiger partial charge in [-0.15, -0.1) is 0 Å². The highest BCUT2D eigenvalue weighted by atomic mass is 16.5. The minimum atomic E-state index is -0.698. The molecule has 4 nitrogen and oxygen atoms in total. The molecule has 0 fully saturated rings. The van der Waals surface area contributed by atoms with Crippen molar-refractivity contribution in [3.05, 3.63) is 71.3 Å². The van der Waals surface area contributed by atoms with Crippen LogP contribution in [0.3, 0.4) is 0 Å². The minimum absolute atomic E-state index is 0.0455. The first-order chi connectivity index (χ1) is 11.1. The molecule has 2 aromatic rings. The zero-order valence-corrected chi connectivity index (χ0v) is 13.3. The number of hydrogen-bond donors (Lipinski definition) is 0. The Bertz CT molecular complexity index is 741. The molecule has 0 aliphatic carbocycles. The fourth-order valence-electron chi connectivity index (χ4n) is 3.21. The topological polar surface area (TPSA) is 46.6 Å². The number of carbonyl (C=O) groups is 2. The second-order valence-corrected chi connectivity index (χ2v) is 5.95. The summed E-state index contributed by atoms with van der Waals surface area (Å²) in [6, 6.07) is 17.3. The van der Waals surface area contributed by atoms with Crippen LogP contribution in [0.5, 0.6) is 0 Å². The molecule has 0 saturated carbocycles. The summed E-state index contributed by atoms with van der Waals surface area (Å²) in [6.07, 6.45) is 0.138. The van der Waals surface area contributed by atoms with E-state index in [2.05, 4.69) is 0 Å². The summed E-state index contributed by atoms with van der Waals surface area (Å²) in [5.74, 6) is -0.370. The van der Waals surface area contributed by atoms with Gasteiger partial charge in [0.1, 0.15) is 0 Å². The third kappa shape index (κ3) is 2.61. The van der Waals surface area contributed by atoms with Gasteiger partial charge in [-0.25, -0.2) is 0 Å². The summed E-state index contributed by atoms with van der Waals surface area (Å²) >= 11 is 0. The SMILES string of the molecule is COC(=O)CC1(C)c2ccccc2C(=O)N1Cc1ccccc1. The predicted octanol–water partition coefficient (Wildman–Crippen LogP) is 3.12. The largest absolute Gasteiger partial charge is 0.469 e. The number of esters is 1. The van der Waals surface area contributed by atoms with Crippen LogP contribution in [0, 0.1) is 0 Å². The van der Waals surface area contributed by atoms with Gasteiger partial charge in [-0.3, -0.25) is 9.59 Å². The van der Waals surface area contributed by atoms with Gasteiger partial charge >= 0.3 is 5.97 Å². The van der Waals surface area contributed by atoms with Crippen molar-refractivity contribution in [2.75, 3.05) is 7.11 Å². The van der Waals surface area contributed by atoms with E-state index in [-0.39, 0.29) is 18.3 Å². The number of carbonyl (C=O) groups excluding carboxylic acids is 2. The summed E-state index contributed by atoms with van der Waals surface area (Å²) < 4.78 is 4.85. The quantitative estimate of drug-likeness (QED) is 0.815. The molecule has 0 saturated heterocycles. The van der Waals surface area contributed by atoms with E-state index < -0.39 is 5.54 Å². The van der Waals surface area contributed by atoms with E-state index in [1.54, 1.807) is 4.90 Å². The van der Waals surface area contributed by atoms with Crippen molar-refractivity contribution in [2.24, 2.45) is 0 Å². The minimum Gasteiger partial charge on any atom is -0.469 e. The highest BCUT2D eigenvalue weighted by Gasteiger charge is 2.47. The summed E-state index contributed by atoms with van der Waals surface area (Å²) in [5.41, 5.74) is 1.88. The molecule has 1 amide bonds. The molecule has 4 heteroatoms. The van der Waals surface area contributed by atoms with Crippen molar-refractivity contribution in [3.63, 3.8) is 0 Å². The van der Waals surface area contributed by atoms with Crippen LogP contribution in [-0.4, -0.2) is 23.9 Å². The standard InChI is InChI=1S/C19H19NO3/c1-19(12-17(21)23-2)16-11-7-6-10-15(16)18(22)20(19)13-14-8-4-3-5-9-14/h3-11H,12-13H2,1-2H3. The van der Waals surface area contributed by atoms with E-state index in [0.29, 0.717) is 12.1 Å². The maximum Gasteiger partial charge on any atom is 0.308 e. The maximum atomic E-state index is 12.9. The van der Waals surface area contributed by atoms with E-state index in [0.717, 1.165) is 11.1 Å². The zero-order valence-electron chi connectivity index (χ0n) is 13.3. The Kier molecular flexibility index (Phi) is 3.90. The highest BCUT2D eigenvalue weighted by molar-refractivity contribution is 6.00. The van der Waals surface area contributed by atoms with Gasteiger partial charge in [0, 0.05) is 12.1 Å². The Balaban J connectivity index is 2.03. The van der Waals surface area contributed by atoms with Crippen molar-refractivity contribution in [3.8, 4) is 0 Å². The molecule has 1 aliphatic rings. The Morgan fingerprint density at radius 2 is 1.74 bits per heavy atom. The number of nitrogens with zero attached hydrogens (tertiary/aromatic N) is 1. The van der Waals surface area contributed by atoms with Gasteiger partial charge in [-0.05, 0) is 24.1 Å². The normalized spacial score (nSPS) is 19.6. The molecule has 0 radical (unpaired) electrons. The molecule has 0 bridgehead atoms. The average Bonchev–Trinajstić information content (AvgIpc) is 2.78. The molecule has 118 valence electrons. The lowest BCUT2D eigenvalue weighted by atomic mass is 9.88. The smallest absolute Gasteiger partial charge is 0.308 e. The third-order valence-electron chi connectivity index (χ3n) is 4.48. The van der Waals surface area contributed by atoms with Crippen LogP contribution in [0.1, 0.15) is 34.8 Å². The molecule has 0 N–H and O–H groups in total. The Labute approximate surface area is 135 Å². The lowest BCUT2D eigenvalue weighted by Gasteiger charge is -2.35. The number of hydrogen-bond acceptors (Lipinski definition) is 3. The van der Waals surface area contributed by atoms with E-state index in [1.807, 2.05) is 61.5 Å². The van der Waals surface area contributed by atoms with E-state index in [4.69, 9.17) is 4.74 Å². The number of benzene rings is 2. The van der Waals surface area contributed by atoms with Crippen LogP contribution in [0.2, 0.25) is 0 Å². The molecule has 0 spiro atoms. The first-order valence-electron chi connectivity index (χ1n) is 7.58. The van der Waals surface area contributed by atoms with Crippen LogP contribution >= 0.6 is 0 Å². The fourth-order valence-corrected chi connectivity index (χ4v) is 3.21. The first-order valence-corrected chi connectivity index (χ1v) is 7.58. The second-order valence-electron chi connectivity index (χ2n) is 5.95. The van der Waals surface area contributed by atoms with Crippen LogP contribution in [0.15, 0.2) is 54.6 Å². The van der Waals surface area contributed by atoms with Crippen molar-refractivity contribution in [1.29, 1.82) is 0 Å². The number of fused-ring (bicyclic) bond motifs is 1. The van der Waals surface area contributed by atoms with Gasteiger partial charge in [0.15, 0.2) is 0 Å². The van der Waals surface area contributed by atoms with Gasteiger partial charge in [0.05, 0.1) is 19.1 Å². The number of methoxy groups -OCH3 is 1. The third-order valence-corrected chi connectivity index (χ3v) is 4.48. The molecule has 23 heavy (non-hydrogen) atoms. The molecular weight excluding hydrogens is 290 g/mol. The van der Waals surface area contributed by atoms with Gasteiger partial charge in [0.2, 0.25) is 0 Å². The molecule has 2 aromatic carbocycles.